The van der Waals surface area contributed by atoms with Gasteiger partial charge in [0.25, 0.3) is 0 Å². The van der Waals surface area contributed by atoms with Gasteiger partial charge in [0.05, 0.1) is 26.2 Å². The Morgan fingerprint density at radius 1 is 1.12 bits per heavy atom. The van der Waals surface area contributed by atoms with Gasteiger partial charge in [0.1, 0.15) is 11.5 Å². The molecule has 43 heavy (non-hydrogen) atoms. The molecule has 8 nitrogen and oxygen atoms in total. The number of aryl methyl sites for hydroxylation is 1. The normalized spacial score (nSPS) is 19.6. The fourth-order valence-electron chi connectivity index (χ4n) is 6.66. The van der Waals surface area contributed by atoms with Gasteiger partial charge in [-0.25, -0.2) is 0 Å². The van der Waals surface area contributed by atoms with E-state index in [2.05, 4.69) is 17.9 Å². The molecule has 0 spiro atoms. The number of fused-ring (bicyclic) bond motifs is 1. The SMILES string of the molecule is CCCCN(C(=O)CN1CC(c2ccc3c(c2)CCO3)C(C(=O)O)C1CCc1ccccc1OC)c1cccc(CN)c1. The van der Waals surface area contributed by atoms with Gasteiger partial charge in [-0.3, -0.25) is 14.5 Å². The summed E-state index contributed by atoms with van der Waals surface area (Å²) in [6.07, 6.45) is 3.88. The molecule has 0 aliphatic carbocycles. The molecule has 0 saturated carbocycles. The molecule has 1 amide bonds. The Kier molecular flexibility index (Phi) is 10.00. The van der Waals surface area contributed by atoms with Crippen molar-refractivity contribution in [3.05, 3.63) is 89.0 Å². The molecule has 228 valence electrons. The van der Waals surface area contributed by atoms with Crippen LogP contribution < -0.4 is 20.1 Å². The van der Waals surface area contributed by atoms with Crippen LogP contribution in [0.4, 0.5) is 5.69 Å². The molecule has 0 bridgehead atoms. The monoisotopic (exact) mass is 585 g/mol. The van der Waals surface area contributed by atoms with Crippen LogP contribution in [0.25, 0.3) is 0 Å². The molecule has 0 radical (unpaired) electrons. The number of carbonyl (C=O) groups excluding carboxylic acids is 1. The van der Waals surface area contributed by atoms with Crippen molar-refractivity contribution in [2.45, 2.75) is 57.5 Å². The molecule has 0 aromatic heterocycles. The number of aliphatic carboxylic acids is 1. The molecule has 3 unspecified atom stereocenters. The van der Waals surface area contributed by atoms with Crippen LogP contribution in [0.1, 0.15) is 54.4 Å². The molecule has 5 rings (SSSR count). The first-order valence-electron chi connectivity index (χ1n) is 15.4. The third-order valence-corrected chi connectivity index (χ3v) is 8.91. The zero-order valence-electron chi connectivity index (χ0n) is 25.2. The molecule has 2 aliphatic heterocycles. The Hall–Kier alpha value is -3.88. The average Bonchev–Trinajstić information content (AvgIpc) is 3.64. The van der Waals surface area contributed by atoms with Crippen molar-refractivity contribution in [2.24, 2.45) is 11.7 Å². The summed E-state index contributed by atoms with van der Waals surface area (Å²) in [7, 11) is 1.65. The van der Waals surface area contributed by atoms with Crippen LogP contribution in [-0.2, 0) is 29.0 Å². The largest absolute Gasteiger partial charge is 0.496 e. The van der Waals surface area contributed by atoms with Gasteiger partial charge in [-0.2, -0.15) is 0 Å². The molecule has 1 fully saturated rings. The van der Waals surface area contributed by atoms with Crippen LogP contribution in [0.3, 0.4) is 0 Å². The van der Waals surface area contributed by atoms with Gasteiger partial charge in [0.15, 0.2) is 0 Å². The van der Waals surface area contributed by atoms with Crippen LogP contribution in [0.5, 0.6) is 11.5 Å². The second kappa shape index (κ2) is 14.1. The number of nitrogens with two attached hydrogens (primary N) is 1. The topological polar surface area (TPSA) is 105 Å². The van der Waals surface area contributed by atoms with E-state index in [1.165, 1.54) is 0 Å². The Labute approximate surface area is 254 Å². The Balaban J connectivity index is 1.46. The summed E-state index contributed by atoms with van der Waals surface area (Å²) in [4.78, 5) is 31.0. The maximum absolute atomic E-state index is 14.1. The molecule has 8 heteroatoms. The lowest BCUT2D eigenvalue weighted by Gasteiger charge is -2.30. The third-order valence-electron chi connectivity index (χ3n) is 8.91. The second-order valence-electron chi connectivity index (χ2n) is 11.6. The van der Waals surface area contributed by atoms with Crippen molar-refractivity contribution in [3.63, 3.8) is 0 Å². The number of benzene rings is 3. The predicted octanol–water partition coefficient (Wildman–Crippen LogP) is 5.02. The highest BCUT2D eigenvalue weighted by Crippen LogP contribution is 2.41. The smallest absolute Gasteiger partial charge is 0.308 e. The quantitative estimate of drug-likeness (QED) is 0.290. The van der Waals surface area contributed by atoms with E-state index in [0.717, 1.165) is 58.7 Å². The van der Waals surface area contributed by atoms with E-state index in [0.29, 0.717) is 39.1 Å². The van der Waals surface area contributed by atoms with Crippen LogP contribution in [0.15, 0.2) is 66.7 Å². The van der Waals surface area contributed by atoms with Gasteiger partial charge in [-0.05, 0) is 65.8 Å². The van der Waals surface area contributed by atoms with Crippen molar-refractivity contribution < 1.29 is 24.2 Å². The fraction of sp³-hybridized carbons (Fsp3) is 0.429. The van der Waals surface area contributed by atoms with Gasteiger partial charge < -0.3 is 25.2 Å². The van der Waals surface area contributed by atoms with Crippen molar-refractivity contribution >= 4 is 17.6 Å². The number of hydrogen-bond donors (Lipinski definition) is 2. The minimum atomic E-state index is -0.833. The van der Waals surface area contributed by atoms with Gasteiger partial charge in [0, 0.05) is 43.7 Å². The first-order valence-corrected chi connectivity index (χ1v) is 15.4. The fourth-order valence-corrected chi connectivity index (χ4v) is 6.66. The van der Waals surface area contributed by atoms with E-state index < -0.39 is 11.9 Å². The highest BCUT2D eigenvalue weighted by molar-refractivity contribution is 5.95. The van der Waals surface area contributed by atoms with Gasteiger partial charge in [0.2, 0.25) is 5.91 Å². The number of likely N-dealkylation sites (tertiary alicyclic amines) is 1. The minimum Gasteiger partial charge on any atom is -0.496 e. The number of hydrogen-bond acceptors (Lipinski definition) is 6. The third kappa shape index (κ3) is 6.86. The second-order valence-corrected chi connectivity index (χ2v) is 11.6. The lowest BCUT2D eigenvalue weighted by Crippen LogP contribution is -2.44. The van der Waals surface area contributed by atoms with Crippen molar-refractivity contribution in [3.8, 4) is 11.5 Å². The number of carbonyl (C=O) groups is 2. The number of methoxy groups -OCH3 is 1. The number of unbranched alkanes of at least 4 members (excludes halogenated alkanes) is 1. The molecule has 2 aliphatic rings. The lowest BCUT2D eigenvalue weighted by molar-refractivity contribution is -0.143. The van der Waals surface area contributed by atoms with Crippen molar-refractivity contribution in [1.82, 2.24) is 4.90 Å². The van der Waals surface area contributed by atoms with E-state index >= 15 is 0 Å². The first kappa shape index (κ1) is 30.6. The number of nitrogens with zero attached hydrogens (tertiary/aromatic N) is 2. The summed E-state index contributed by atoms with van der Waals surface area (Å²) in [5, 5.41) is 10.6. The highest BCUT2D eigenvalue weighted by Gasteiger charge is 2.47. The number of rotatable bonds is 13. The van der Waals surface area contributed by atoms with E-state index in [4.69, 9.17) is 15.2 Å². The van der Waals surface area contributed by atoms with Crippen LogP contribution >= 0.6 is 0 Å². The summed E-state index contributed by atoms with van der Waals surface area (Å²) < 4.78 is 11.3. The predicted molar refractivity (Wildman–Crippen MR) is 168 cm³/mol. The van der Waals surface area contributed by atoms with E-state index in [9.17, 15) is 14.7 Å². The zero-order valence-corrected chi connectivity index (χ0v) is 25.2. The summed E-state index contributed by atoms with van der Waals surface area (Å²) >= 11 is 0. The Bertz CT molecular complexity index is 1430. The standard InChI is InChI=1S/C35H43N3O5/c1-3-4-17-38(28-10-7-8-24(19-28)21-36)33(39)23-37-22-29(26-13-15-32-27(20-26)16-18-43-32)34(35(40)41)30(37)14-12-25-9-5-6-11-31(25)42-2/h5-11,13,15,19-20,29-30,34H,3-4,12,14,16-18,21-23,36H2,1-2H3,(H,40,41). The van der Waals surface area contributed by atoms with Crippen LogP contribution in [0.2, 0.25) is 0 Å². The number of carboxylic acids is 1. The Morgan fingerprint density at radius 3 is 2.72 bits per heavy atom. The molecular weight excluding hydrogens is 542 g/mol. The minimum absolute atomic E-state index is 0.0305. The van der Waals surface area contributed by atoms with E-state index in [1.807, 2.05) is 65.6 Å². The van der Waals surface area contributed by atoms with Crippen LogP contribution in [-0.4, -0.2) is 61.3 Å². The number of anilines is 1. The summed E-state index contributed by atoms with van der Waals surface area (Å²) in [6.45, 7) is 4.38. The number of carboxylic acid groups (broad SMARTS) is 1. The Morgan fingerprint density at radius 2 is 1.95 bits per heavy atom. The van der Waals surface area contributed by atoms with E-state index in [-0.39, 0.29) is 24.4 Å². The maximum Gasteiger partial charge on any atom is 0.308 e. The summed E-state index contributed by atoms with van der Waals surface area (Å²) in [5.74, 6) is -0.108. The number of ether oxygens (including phenoxy) is 2. The molecule has 1 saturated heterocycles. The van der Waals surface area contributed by atoms with Gasteiger partial charge >= 0.3 is 5.97 Å². The summed E-state index contributed by atoms with van der Waals surface area (Å²) in [5.41, 5.74) is 10.8. The molecule has 2 heterocycles. The number of para-hydroxylation sites is 1. The first-order chi connectivity index (χ1) is 20.9. The zero-order chi connectivity index (χ0) is 30.3. The highest BCUT2D eigenvalue weighted by atomic mass is 16.5. The lowest BCUT2D eigenvalue weighted by atomic mass is 9.83. The van der Waals surface area contributed by atoms with Crippen LogP contribution in [0, 0.1) is 5.92 Å². The van der Waals surface area contributed by atoms with Gasteiger partial charge in [-0.1, -0.05) is 55.8 Å². The molecular formula is C35H43N3O5. The molecule has 3 aromatic carbocycles. The molecule has 3 aromatic rings. The maximum atomic E-state index is 14.1. The average molecular weight is 586 g/mol. The summed E-state index contributed by atoms with van der Waals surface area (Å²) in [6, 6.07) is 21.4. The van der Waals surface area contributed by atoms with Gasteiger partial charge in [-0.15, -0.1) is 0 Å². The van der Waals surface area contributed by atoms with Crippen molar-refractivity contribution in [1.29, 1.82) is 0 Å². The van der Waals surface area contributed by atoms with E-state index in [1.54, 1.807) is 7.11 Å². The number of amides is 1. The molecule has 3 atom stereocenters. The molecule has 3 N–H and O–H groups in total. The van der Waals surface area contributed by atoms with Crippen molar-refractivity contribution in [2.75, 3.05) is 38.3 Å².